The molecule has 0 aromatic heterocycles. The van der Waals surface area contributed by atoms with Gasteiger partial charge < -0.3 is 21.3 Å². The molecule has 1 aliphatic carbocycles. The van der Waals surface area contributed by atoms with Gasteiger partial charge in [0.2, 0.25) is 5.91 Å². The zero-order valence-electron chi connectivity index (χ0n) is 18.6. The Balaban J connectivity index is 1.48. The van der Waals surface area contributed by atoms with E-state index in [1.54, 1.807) is 48.5 Å². The summed E-state index contributed by atoms with van der Waals surface area (Å²) in [5.41, 5.74) is 2.44. The van der Waals surface area contributed by atoms with Crippen LogP contribution in [-0.2, 0) is 4.79 Å². The third-order valence-electron chi connectivity index (χ3n) is 5.48. The van der Waals surface area contributed by atoms with Gasteiger partial charge in [-0.05, 0) is 61.7 Å². The van der Waals surface area contributed by atoms with Crippen molar-refractivity contribution in [3.63, 3.8) is 0 Å². The highest BCUT2D eigenvalue weighted by atomic mass is 16.2. The zero-order chi connectivity index (χ0) is 22.8. The van der Waals surface area contributed by atoms with Gasteiger partial charge in [-0.15, -0.1) is 0 Å². The molecule has 7 heteroatoms. The zero-order valence-corrected chi connectivity index (χ0v) is 18.6. The van der Waals surface area contributed by atoms with Gasteiger partial charge in [0.1, 0.15) is 0 Å². The van der Waals surface area contributed by atoms with E-state index in [0.29, 0.717) is 23.4 Å². The van der Waals surface area contributed by atoms with Crippen molar-refractivity contribution in [2.75, 3.05) is 23.7 Å². The highest BCUT2D eigenvalue weighted by Gasteiger charge is 2.17. The molecule has 2 aromatic rings. The van der Waals surface area contributed by atoms with Gasteiger partial charge in [0, 0.05) is 35.1 Å². The summed E-state index contributed by atoms with van der Waals surface area (Å²) in [5.74, 6) is -0.433. The Labute approximate surface area is 189 Å². The second-order valence-corrected chi connectivity index (χ2v) is 8.12. The van der Waals surface area contributed by atoms with Crippen LogP contribution in [0.5, 0.6) is 0 Å². The predicted octanol–water partition coefficient (Wildman–Crippen LogP) is 3.94. The number of rotatable bonds is 9. The first-order valence-electron chi connectivity index (χ1n) is 11.4. The molecule has 170 valence electrons. The molecule has 1 fully saturated rings. The second kappa shape index (κ2) is 11.9. The summed E-state index contributed by atoms with van der Waals surface area (Å²) in [4.78, 5) is 36.8. The molecule has 0 bridgehead atoms. The van der Waals surface area contributed by atoms with Crippen molar-refractivity contribution < 1.29 is 14.4 Å². The van der Waals surface area contributed by atoms with Crippen LogP contribution in [0.15, 0.2) is 48.5 Å². The van der Waals surface area contributed by atoms with E-state index in [1.165, 1.54) is 6.42 Å². The van der Waals surface area contributed by atoms with Crippen LogP contribution in [0.2, 0.25) is 0 Å². The predicted molar refractivity (Wildman–Crippen MR) is 127 cm³/mol. The molecule has 0 spiro atoms. The Bertz CT molecular complexity index is 921. The molecule has 1 aliphatic rings. The summed E-state index contributed by atoms with van der Waals surface area (Å²) in [5, 5.41) is 11.8. The van der Waals surface area contributed by atoms with E-state index < -0.39 is 0 Å². The van der Waals surface area contributed by atoms with Gasteiger partial charge in [-0.3, -0.25) is 14.4 Å². The van der Waals surface area contributed by atoms with E-state index in [1.807, 2.05) is 6.92 Å². The summed E-state index contributed by atoms with van der Waals surface area (Å²) < 4.78 is 0. The Morgan fingerprint density at radius 1 is 0.875 bits per heavy atom. The Morgan fingerprint density at radius 3 is 2.34 bits per heavy atom. The maximum atomic E-state index is 12.5. The lowest BCUT2D eigenvalue weighted by atomic mass is 9.95. The SMILES string of the molecule is CCCNC(=O)c1ccc(NCC(=O)Nc2cccc(C(=O)NC3CCCCC3)c2)cc1. The van der Waals surface area contributed by atoms with Crippen molar-refractivity contribution >= 4 is 29.1 Å². The Hall–Kier alpha value is -3.35. The van der Waals surface area contributed by atoms with Gasteiger partial charge in [0.05, 0.1) is 6.54 Å². The van der Waals surface area contributed by atoms with Gasteiger partial charge in [-0.25, -0.2) is 0 Å². The van der Waals surface area contributed by atoms with Crippen molar-refractivity contribution in [3.8, 4) is 0 Å². The monoisotopic (exact) mass is 436 g/mol. The van der Waals surface area contributed by atoms with Crippen LogP contribution >= 0.6 is 0 Å². The van der Waals surface area contributed by atoms with Crippen LogP contribution < -0.4 is 21.3 Å². The van der Waals surface area contributed by atoms with Gasteiger partial charge in [0.25, 0.3) is 11.8 Å². The quantitative estimate of drug-likeness (QED) is 0.478. The Morgan fingerprint density at radius 2 is 1.62 bits per heavy atom. The number of nitrogens with one attached hydrogen (secondary N) is 4. The van der Waals surface area contributed by atoms with E-state index in [2.05, 4.69) is 21.3 Å². The number of carbonyl (C=O) groups excluding carboxylic acids is 3. The lowest BCUT2D eigenvalue weighted by molar-refractivity contribution is -0.114. The molecule has 0 saturated heterocycles. The molecule has 3 amide bonds. The molecule has 0 radical (unpaired) electrons. The average Bonchev–Trinajstić information content (AvgIpc) is 2.82. The minimum absolute atomic E-state index is 0.0693. The fraction of sp³-hybridized carbons (Fsp3) is 0.400. The van der Waals surface area contributed by atoms with E-state index in [9.17, 15) is 14.4 Å². The minimum Gasteiger partial charge on any atom is -0.376 e. The van der Waals surface area contributed by atoms with E-state index in [-0.39, 0.29) is 30.3 Å². The molecule has 7 nitrogen and oxygen atoms in total. The van der Waals surface area contributed by atoms with Crippen molar-refractivity contribution in [1.82, 2.24) is 10.6 Å². The van der Waals surface area contributed by atoms with Crippen LogP contribution in [0.25, 0.3) is 0 Å². The molecule has 0 atom stereocenters. The van der Waals surface area contributed by atoms with Crippen molar-refractivity contribution in [2.24, 2.45) is 0 Å². The topological polar surface area (TPSA) is 99.3 Å². The molecular formula is C25H32N4O3. The average molecular weight is 437 g/mol. The lowest BCUT2D eigenvalue weighted by Gasteiger charge is -2.22. The number of anilines is 2. The molecular weight excluding hydrogens is 404 g/mol. The van der Waals surface area contributed by atoms with Crippen LogP contribution in [0.3, 0.4) is 0 Å². The van der Waals surface area contributed by atoms with Gasteiger partial charge in [-0.2, -0.15) is 0 Å². The largest absolute Gasteiger partial charge is 0.376 e. The molecule has 2 aromatic carbocycles. The fourth-order valence-corrected chi connectivity index (χ4v) is 3.72. The smallest absolute Gasteiger partial charge is 0.251 e. The summed E-state index contributed by atoms with van der Waals surface area (Å²) in [6.45, 7) is 2.71. The first-order chi connectivity index (χ1) is 15.5. The third-order valence-corrected chi connectivity index (χ3v) is 5.48. The standard InChI is InChI=1S/C25H32N4O3/c1-2-15-26-24(31)18-11-13-20(14-12-18)27-17-23(30)28-22-10-6-7-19(16-22)25(32)29-21-8-4-3-5-9-21/h6-7,10-14,16,21,27H,2-5,8-9,15,17H2,1H3,(H,26,31)(H,28,30)(H,29,32). The van der Waals surface area contributed by atoms with Crippen LogP contribution in [-0.4, -0.2) is 36.9 Å². The Kier molecular flexibility index (Phi) is 8.66. The minimum atomic E-state index is -0.223. The van der Waals surface area contributed by atoms with Crippen LogP contribution in [0.4, 0.5) is 11.4 Å². The van der Waals surface area contributed by atoms with Gasteiger partial charge in [-0.1, -0.05) is 32.3 Å². The maximum absolute atomic E-state index is 12.5. The number of carbonyl (C=O) groups is 3. The molecule has 1 saturated carbocycles. The molecule has 0 aliphatic heterocycles. The summed E-state index contributed by atoms with van der Waals surface area (Å²) in [7, 11) is 0. The molecule has 0 unspecified atom stereocenters. The maximum Gasteiger partial charge on any atom is 0.251 e. The van der Waals surface area contributed by atoms with E-state index >= 15 is 0 Å². The molecule has 4 N–H and O–H groups in total. The number of benzene rings is 2. The molecule has 3 rings (SSSR count). The molecule has 0 heterocycles. The van der Waals surface area contributed by atoms with Crippen LogP contribution in [0, 0.1) is 0 Å². The van der Waals surface area contributed by atoms with Crippen molar-refractivity contribution in [1.29, 1.82) is 0 Å². The van der Waals surface area contributed by atoms with E-state index in [0.717, 1.165) is 37.8 Å². The normalized spacial score (nSPS) is 13.8. The van der Waals surface area contributed by atoms with Crippen molar-refractivity contribution in [3.05, 3.63) is 59.7 Å². The second-order valence-electron chi connectivity index (χ2n) is 8.12. The number of hydrogen-bond acceptors (Lipinski definition) is 4. The van der Waals surface area contributed by atoms with Gasteiger partial charge >= 0.3 is 0 Å². The summed E-state index contributed by atoms with van der Waals surface area (Å²) in [6.07, 6.45) is 6.48. The van der Waals surface area contributed by atoms with E-state index in [4.69, 9.17) is 0 Å². The number of hydrogen-bond donors (Lipinski definition) is 4. The first kappa shape index (κ1) is 23.3. The molecule has 32 heavy (non-hydrogen) atoms. The third kappa shape index (κ3) is 7.11. The lowest BCUT2D eigenvalue weighted by Crippen LogP contribution is -2.36. The highest BCUT2D eigenvalue weighted by Crippen LogP contribution is 2.18. The first-order valence-corrected chi connectivity index (χ1v) is 11.4. The van der Waals surface area contributed by atoms with Gasteiger partial charge in [0.15, 0.2) is 0 Å². The highest BCUT2D eigenvalue weighted by molar-refractivity contribution is 5.98. The summed E-state index contributed by atoms with van der Waals surface area (Å²) in [6, 6.07) is 14.2. The fourth-order valence-electron chi connectivity index (χ4n) is 3.72. The van der Waals surface area contributed by atoms with Crippen molar-refractivity contribution in [2.45, 2.75) is 51.5 Å². The summed E-state index contributed by atoms with van der Waals surface area (Å²) >= 11 is 0. The van der Waals surface area contributed by atoms with Crippen LogP contribution in [0.1, 0.15) is 66.2 Å². The number of amides is 3.